The Hall–Kier alpha value is -1.06. The summed E-state index contributed by atoms with van der Waals surface area (Å²) < 4.78 is 0. The van der Waals surface area contributed by atoms with Crippen molar-refractivity contribution in [1.82, 2.24) is 9.80 Å². The van der Waals surface area contributed by atoms with Gasteiger partial charge in [0.2, 0.25) is 11.8 Å². The molecule has 0 aromatic heterocycles. The molecule has 0 spiro atoms. The van der Waals surface area contributed by atoms with E-state index in [1.54, 1.807) is 6.92 Å². The summed E-state index contributed by atoms with van der Waals surface area (Å²) in [6.45, 7) is 8.61. The van der Waals surface area contributed by atoms with Crippen LogP contribution in [0.3, 0.4) is 0 Å². The molecule has 1 aliphatic carbocycles. The maximum Gasteiger partial charge on any atom is 0.223 e. The standard InChI is InChI=1S/C16H28N2O2/c1-11(2)9-16(20)17-10-12(3)18(13(4)19)15-8-6-5-7-14(15)17/h11-12,14-15H,5-10H2,1-4H3/t12-,14?,15?/m0/s1. The summed E-state index contributed by atoms with van der Waals surface area (Å²) in [7, 11) is 0. The molecule has 2 amide bonds. The lowest BCUT2D eigenvalue weighted by molar-refractivity contribution is -0.153. The molecule has 0 aromatic rings. The van der Waals surface area contributed by atoms with Crippen LogP contribution >= 0.6 is 0 Å². The second kappa shape index (κ2) is 6.15. The number of hydrogen-bond donors (Lipinski definition) is 0. The minimum Gasteiger partial charge on any atom is -0.336 e. The maximum absolute atomic E-state index is 12.5. The number of hydrogen-bond acceptors (Lipinski definition) is 2. The highest BCUT2D eigenvalue weighted by atomic mass is 16.2. The van der Waals surface area contributed by atoms with Crippen molar-refractivity contribution in [1.29, 1.82) is 0 Å². The third-order valence-corrected chi connectivity index (χ3v) is 4.65. The van der Waals surface area contributed by atoms with Crippen LogP contribution in [0.15, 0.2) is 0 Å². The Balaban J connectivity index is 2.19. The molecule has 1 heterocycles. The molecule has 1 saturated heterocycles. The molecular formula is C16H28N2O2. The van der Waals surface area contributed by atoms with E-state index in [1.165, 1.54) is 12.8 Å². The predicted molar refractivity (Wildman–Crippen MR) is 79.2 cm³/mol. The lowest BCUT2D eigenvalue weighted by Crippen LogP contribution is -2.66. The van der Waals surface area contributed by atoms with Crippen molar-refractivity contribution in [2.45, 2.75) is 77.9 Å². The van der Waals surface area contributed by atoms with Gasteiger partial charge in [-0.2, -0.15) is 0 Å². The minimum atomic E-state index is 0.142. The van der Waals surface area contributed by atoms with Gasteiger partial charge < -0.3 is 9.80 Å². The normalized spacial score (nSPS) is 30.4. The number of rotatable bonds is 2. The Bertz CT molecular complexity index is 381. The molecule has 0 radical (unpaired) electrons. The van der Waals surface area contributed by atoms with E-state index in [-0.39, 0.29) is 29.9 Å². The number of amides is 2. The number of fused-ring (bicyclic) bond motifs is 1. The van der Waals surface area contributed by atoms with Gasteiger partial charge in [0.1, 0.15) is 0 Å². The molecule has 3 atom stereocenters. The maximum atomic E-state index is 12.5. The van der Waals surface area contributed by atoms with Gasteiger partial charge >= 0.3 is 0 Å². The predicted octanol–water partition coefficient (Wildman–Crippen LogP) is 2.42. The molecular weight excluding hydrogens is 252 g/mol. The van der Waals surface area contributed by atoms with Gasteiger partial charge in [-0.15, -0.1) is 0 Å². The molecule has 2 rings (SSSR count). The topological polar surface area (TPSA) is 40.6 Å². The van der Waals surface area contributed by atoms with E-state index in [0.717, 1.165) is 12.8 Å². The van der Waals surface area contributed by atoms with Gasteiger partial charge in [-0.3, -0.25) is 9.59 Å². The molecule has 0 aromatic carbocycles. The fraction of sp³-hybridized carbons (Fsp3) is 0.875. The minimum absolute atomic E-state index is 0.142. The van der Waals surface area contributed by atoms with Crippen LogP contribution in [0.5, 0.6) is 0 Å². The summed E-state index contributed by atoms with van der Waals surface area (Å²) in [5, 5.41) is 0. The van der Waals surface area contributed by atoms with Crippen LogP contribution in [0.4, 0.5) is 0 Å². The third kappa shape index (κ3) is 2.99. The lowest BCUT2D eigenvalue weighted by atomic mass is 9.84. The summed E-state index contributed by atoms with van der Waals surface area (Å²) in [5.41, 5.74) is 0. The van der Waals surface area contributed by atoms with E-state index >= 15 is 0 Å². The molecule has 4 heteroatoms. The highest BCUT2D eigenvalue weighted by Crippen LogP contribution is 2.33. The first-order chi connectivity index (χ1) is 9.41. The van der Waals surface area contributed by atoms with Crippen molar-refractivity contribution in [2.75, 3.05) is 6.54 Å². The third-order valence-electron chi connectivity index (χ3n) is 4.65. The summed E-state index contributed by atoms with van der Waals surface area (Å²) in [6.07, 6.45) is 5.05. The van der Waals surface area contributed by atoms with Crippen LogP contribution in [0.1, 0.15) is 59.8 Å². The zero-order chi connectivity index (χ0) is 14.9. The Kier molecular flexibility index (Phi) is 4.71. The second-order valence-electron chi connectivity index (χ2n) is 6.84. The van der Waals surface area contributed by atoms with E-state index in [2.05, 4.69) is 25.7 Å². The van der Waals surface area contributed by atoms with Crippen molar-refractivity contribution in [2.24, 2.45) is 5.92 Å². The lowest BCUT2D eigenvalue weighted by Gasteiger charge is -2.53. The molecule has 0 bridgehead atoms. The first kappa shape index (κ1) is 15.3. The van der Waals surface area contributed by atoms with E-state index in [0.29, 0.717) is 18.9 Å². The molecule has 2 fully saturated rings. The van der Waals surface area contributed by atoms with Crippen molar-refractivity contribution >= 4 is 11.8 Å². The summed E-state index contributed by atoms with van der Waals surface area (Å²) >= 11 is 0. The molecule has 4 nitrogen and oxygen atoms in total. The molecule has 2 aliphatic rings. The fourth-order valence-corrected chi connectivity index (χ4v) is 3.91. The van der Waals surface area contributed by atoms with Gasteiger partial charge in [0, 0.05) is 25.9 Å². The van der Waals surface area contributed by atoms with Crippen LogP contribution in [-0.4, -0.2) is 46.3 Å². The average Bonchev–Trinajstić information content (AvgIpc) is 2.36. The number of nitrogens with zero attached hydrogens (tertiary/aromatic N) is 2. The van der Waals surface area contributed by atoms with Crippen molar-refractivity contribution in [3.8, 4) is 0 Å². The smallest absolute Gasteiger partial charge is 0.223 e. The van der Waals surface area contributed by atoms with Gasteiger partial charge in [-0.05, 0) is 25.7 Å². The van der Waals surface area contributed by atoms with Crippen LogP contribution < -0.4 is 0 Å². The van der Waals surface area contributed by atoms with Gasteiger partial charge in [0.25, 0.3) is 0 Å². The monoisotopic (exact) mass is 280 g/mol. The largest absolute Gasteiger partial charge is 0.336 e. The van der Waals surface area contributed by atoms with E-state index in [4.69, 9.17) is 0 Å². The molecule has 2 unspecified atom stereocenters. The zero-order valence-electron chi connectivity index (χ0n) is 13.3. The van der Waals surface area contributed by atoms with Crippen LogP contribution in [0.2, 0.25) is 0 Å². The summed E-state index contributed by atoms with van der Waals surface area (Å²) in [5.74, 6) is 0.822. The van der Waals surface area contributed by atoms with Crippen molar-refractivity contribution in [3.05, 3.63) is 0 Å². The Labute approximate surface area is 122 Å². The quantitative estimate of drug-likeness (QED) is 0.779. The number of piperazine rings is 1. The Morgan fingerprint density at radius 2 is 1.75 bits per heavy atom. The van der Waals surface area contributed by atoms with Gasteiger partial charge in [-0.25, -0.2) is 0 Å². The number of carbonyl (C=O) groups is 2. The van der Waals surface area contributed by atoms with Crippen LogP contribution in [0, 0.1) is 5.92 Å². The van der Waals surface area contributed by atoms with E-state index < -0.39 is 0 Å². The SMILES string of the molecule is CC(=O)N1C2CCCCC2N(C(=O)CC(C)C)C[C@@H]1C. The summed E-state index contributed by atoms with van der Waals surface area (Å²) in [6, 6.07) is 0.624. The van der Waals surface area contributed by atoms with Crippen LogP contribution in [-0.2, 0) is 9.59 Å². The van der Waals surface area contributed by atoms with Crippen LogP contribution in [0.25, 0.3) is 0 Å². The number of carbonyl (C=O) groups excluding carboxylic acids is 2. The highest BCUT2D eigenvalue weighted by molar-refractivity contribution is 5.78. The molecule has 20 heavy (non-hydrogen) atoms. The zero-order valence-corrected chi connectivity index (χ0v) is 13.3. The Morgan fingerprint density at radius 3 is 2.30 bits per heavy atom. The molecule has 114 valence electrons. The van der Waals surface area contributed by atoms with E-state index in [9.17, 15) is 9.59 Å². The van der Waals surface area contributed by atoms with E-state index in [1.807, 2.05) is 4.90 Å². The van der Waals surface area contributed by atoms with Crippen molar-refractivity contribution < 1.29 is 9.59 Å². The van der Waals surface area contributed by atoms with Gasteiger partial charge in [0.15, 0.2) is 0 Å². The first-order valence-corrected chi connectivity index (χ1v) is 8.00. The summed E-state index contributed by atoms with van der Waals surface area (Å²) in [4.78, 5) is 28.6. The highest BCUT2D eigenvalue weighted by Gasteiger charge is 2.43. The van der Waals surface area contributed by atoms with Gasteiger partial charge in [0.05, 0.1) is 12.1 Å². The fourth-order valence-electron chi connectivity index (χ4n) is 3.91. The second-order valence-corrected chi connectivity index (χ2v) is 6.84. The molecule has 0 N–H and O–H groups in total. The first-order valence-electron chi connectivity index (χ1n) is 8.00. The van der Waals surface area contributed by atoms with Gasteiger partial charge in [-0.1, -0.05) is 26.7 Å². The Morgan fingerprint density at radius 1 is 1.15 bits per heavy atom. The average molecular weight is 280 g/mol. The molecule has 1 aliphatic heterocycles. The molecule has 1 saturated carbocycles. The van der Waals surface area contributed by atoms with Crippen molar-refractivity contribution in [3.63, 3.8) is 0 Å².